The summed E-state index contributed by atoms with van der Waals surface area (Å²) in [6.07, 6.45) is -9.45. The second-order valence-corrected chi connectivity index (χ2v) is 10.9. The van der Waals surface area contributed by atoms with Crippen LogP contribution in [0.25, 0.3) is 11.1 Å². The van der Waals surface area contributed by atoms with Crippen LogP contribution < -0.4 is 9.47 Å². The lowest BCUT2D eigenvalue weighted by Crippen LogP contribution is -2.37. The second kappa shape index (κ2) is 12.3. The Hall–Kier alpha value is -3.38. The van der Waals surface area contributed by atoms with Gasteiger partial charge in [0, 0.05) is 23.6 Å². The van der Waals surface area contributed by atoms with E-state index < -0.39 is 53.6 Å². The Morgan fingerprint density at radius 2 is 1.28 bits per heavy atom. The van der Waals surface area contributed by atoms with Gasteiger partial charge in [0.15, 0.2) is 17.9 Å². The summed E-state index contributed by atoms with van der Waals surface area (Å²) in [5.74, 6) is -8.28. The maximum Gasteiger partial charge on any atom is 0.573 e. The molecule has 43 heavy (non-hydrogen) atoms. The van der Waals surface area contributed by atoms with Crippen LogP contribution in [0.2, 0.25) is 0 Å². The molecule has 5 rings (SSSR count). The molecule has 0 bridgehead atoms. The van der Waals surface area contributed by atoms with Crippen LogP contribution in [0.3, 0.4) is 0 Å². The van der Waals surface area contributed by atoms with E-state index in [1.165, 1.54) is 6.07 Å². The van der Waals surface area contributed by atoms with Crippen molar-refractivity contribution in [3.63, 3.8) is 0 Å². The molecule has 0 spiro atoms. The van der Waals surface area contributed by atoms with Gasteiger partial charge in [-0.15, -0.1) is 13.2 Å². The normalized spacial score (nSPS) is 23.2. The van der Waals surface area contributed by atoms with E-state index in [1.807, 2.05) is 31.2 Å². The van der Waals surface area contributed by atoms with Crippen molar-refractivity contribution < 1.29 is 54.1 Å². The Kier molecular flexibility index (Phi) is 8.89. The molecule has 3 aromatic rings. The average molecular weight is 617 g/mol. The minimum atomic E-state index is -5.38. The molecule has 2 aliphatic rings. The summed E-state index contributed by atoms with van der Waals surface area (Å²) in [6, 6.07) is 12.6. The number of ether oxygens (including phenoxy) is 4. The number of alkyl halides is 5. The topological polar surface area (TPSA) is 36.9 Å². The van der Waals surface area contributed by atoms with E-state index in [-0.39, 0.29) is 43.7 Å². The maximum absolute atomic E-state index is 15.2. The van der Waals surface area contributed by atoms with Gasteiger partial charge in [-0.1, -0.05) is 43.3 Å². The lowest BCUT2D eigenvalue weighted by atomic mass is 9.77. The smallest absolute Gasteiger partial charge is 0.432 e. The summed E-state index contributed by atoms with van der Waals surface area (Å²) >= 11 is 0. The summed E-state index contributed by atoms with van der Waals surface area (Å²) in [6.45, 7) is 3.24. The van der Waals surface area contributed by atoms with Gasteiger partial charge in [-0.25, -0.2) is 13.2 Å². The van der Waals surface area contributed by atoms with Crippen molar-refractivity contribution in [3.8, 4) is 22.6 Å². The monoisotopic (exact) mass is 616 g/mol. The molecule has 0 amide bonds. The lowest BCUT2D eigenvalue weighted by Gasteiger charge is -2.33. The molecule has 2 fully saturated rings. The molecule has 232 valence electrons. The van der Waals surface area contributed by atoms with Crippen LogP contribution in [-0.4, -0.2) is 25.7 Å². The zero-order valence-electron chi connectivity index (χ0n) is 22.9. The summed E-state index contributed by atoms with van der Waals surface area (Å²) in [4.78, 5) is 0. The first kappa shape index (κ1) is 31.1. The standard InChI is InChI=1S/C31H28F8O4/c1-17-15-40-29(41-16-17)20-4-2-18(3-5-20)21-8-11-24(25(32)12-21)19-6-9-22(10-7-19)30(35,36)42-23-13-26(33)28(27(34)14-23)43-31(37,38)39/h2-5,8,11-14,17,19,22,29H,6-7,9-10,15-16H2,1H3. The average Bonchev–Trinajstić information content (AvgIpc) is 2.95. The highest BCUT2D eigenvalue weighted by atomic mass is 19.4. The van der Waals surface area contributed by atoms with Gasteiger partial charge in [0.25, 0.3) is 0 Å². The second-order valence-electron chi connectivity index (χ2n) is 10.9. The molecule has 0 radical (unpaired) electrons. The summed E-state index contributed by atoms with van der Waals surface area (Å²) in [5.41, 5.74) is 2.68. The van der Waals surface area contributed by atoms with E-state index in [0.717, 1.165) is 11.1 Å². The number of rotatable bonds is 7. The van der Waals surface area contributed by atoms with Gasteiger partial charge >= 0.3 is 12.5 Å². The Bertz CT molecular complexity index is 1390. The highest BCUT2D eigenvalue weighted by molar-refractivity contribution is 5.64. The molecule has 0 unspecified atom stereocenters. The van der Waals surface area contributed by atoms with Crippen molar-refractivity contribution in [2.45, 2.75) is 57.3 Å². The molecule has 4 nitrogen and oxygen atoms in total. The fraction of sp³-hybridized carbons (Fsp3) is 0.419. The molecule has 0 atom stereocenters. The van der Waals surface area contributed by atoms with Crippen LogP contribution >= 0.6 is 0 Å². The third-order valence-corrected chi connectivity index (χ3v) is 7.67. The van der Waals surface area contributed by atoms with Gasteiger partial charge < -0.3 is 18.9 Å². The van der Waals surface area contributed by atoms with E-state index in [0.29, 0.717) is 30.3 Å². The minimum Gasteiger partial charge on any atom is -0.432 e. The SMILES string of the molecule is CC1COC(c2ccc(-c3ccc(C4CCC(C(F)(F)Oc5cc(F)c(OC(F)(F)F)c(F)c5)CC4)c(F)c3)cc2)OC1. The number of hydrogen-bond acceptors (Lipinski definition) is 4. The summed E-state index contributed by atoms with van der Waals surface area (Å²) in [7, 11) is 0. The van der Waals surface area contributed by atoms with Gasteiger partial charge in [0.1, 0.15) is 11.6 Å². The Morgan fingerprint density at radius 1 is 0.698 bits per heavy atom. The highest BCUT2D eigenvalue weighted by Gasteiger charge is 2.45. The van der Waals surface area contributed by atoms with Crippen molar-refractivity contribution in [2.75, 3.05) is 13.2 Å². The van der Waals surface area contributed by atoms with Crippen molar-refractivity contribution in [1.29, 1.82) is 0 Å². The molecular formula is C31H28F8O4. The van der Waals surface area contributed by atoms with Crippen LogP contribution in [0, 0.1) is 29.3 Å². The first-order chi connectivity index (χ1) is 20.3. The predicted octanol–water partition coefficient (Wildman–Crippen LogP) is 9.30. The molecule has 1 saturated carbocycles. The predicted molar refractivity (Wildman–Crippen MR) is 139 cm³/mol. The highest BCUT2D eigenvalue weighted by Crippen LogP contribution is 2.44. The summed E-state index contributed by atoms with van der Waals surface area (Å²) < 4.78 is 129. The van der Waals surface area contributed by atoms with Crippen LogP contribution in [0.1, 0.15) is 55.9 Å². The Morgan fingerprint density at radius 3 is 1.84 bits per heavy atom. The fourth-order valence-corrected chi connectivity index (χ4v) is 5.45. The van der Waals surface area contributed by atoms with Crippen LogP contribution in [0.15, 0.2) is 54.6 Å². The van der Waals surface area contributed by atoms with Gasteiger partial charge in [-0.2, -0.15) is 8.78 Å². The van der Waals surface area contributed by atoms with Crippen LogP contribution in [-0.2, 0) is 9.47 Å². The lowest BCUT2D eigenvalue weighted by molar-refractivity contribution is -0.276. The molecule has 1 aliphatic carbocycles. The van der Waals surface area contributed by atoms with Gasteiger partial charge in [-0.05, 0) is 54.4 Å². The molecule has 1 aliphatic heterocycles. The quantitative estimate of drug-likeness (QED) is 0.248. The molecular weight excluding hydrogens is 588 g/mol. The first-order valence-corrected chi connectivity index (χ1v) is 13.7. The zero-order valence-corrected chi connectivity index (χ0v) is 22.9. The van der Waals surface area contributed by atoms with E-state index in [4.69, 9.17) is 9.47 Å². The van der Waals surface area contributed by atoms with Crippen LogP contribution in [0.5, 0.6) is 11.5 Å². The molecule has 12 heteroatoms. The summed E-state index contributed by atoms with van der Waals surface area (Å²) in [5, 5.41) is 0. The number of hydrogen-bond donors (Lipinski definition) is 0. The van der Waals surface area contributed by atoms with Gasteiger partial charge in [0.05, 0.1) is 19.1 Å². The van der Waals surface area contributed by atoms with Gasteiger partial charge in [0.2, 0.25) is 5.75 Å². The molecule has 0 aromatic heterocycles. The van der Waals surface area contributed by atoms with Crippen molar-refractivity contribution in [3.05, 3.63) is 83.2 Å². The molecule has 1 saturated heterocycles. The van der Waals surface area contributed by atoms with Crippen molar-refractivity contribution in [2.24, 2.45) is 11.8 Å². The van der Waals surface area contributed by atoms with E-state index in [1.54, 1.807) is 12.1 Å². The van der Waals surface area contributed by atoms with Gasteiger partial charge in [-0.3, -0.25) is 0 Å². The number of benzene rings is 3. The number of halogens is 8. The van der Waals surface area contributed by atoms with E-state index >= 15 is 4.39 Å². The third-order valence-electron chi connectivity index (χ3n) is 7.67. The first-order valence-electron chi connectivity index (χ1n) is 13.7. The van der Waals surface area contributed by atoms with E-state index in [9.17, 15) is 30.7 Å². The maximum atomic E-state index is 15.2. The van der Waals surface area contributed by atoms with Crippen LogP contribution in [0.4, 0.5) is 35.1 Å². The minimum absolute atomic E-state index is 0.0787. The Balaban J connectivity index is 1.19. The third kappa shape index (κ3) is 7.41. The molecule has 3 aromatic carbocycles. The zero-order chi connectivity index (χ0) is 30.9. The van der Waals surface area contributed by atoms with Crippen molar-refractivity contribution in [1.82, 2.24) is 0 Å². The largest absolute Gasteiger partial charge is 0.573 e. The molecule has 1 heterocycles. The fourth-order valence-electron chi connectivity index (χ4n) is 5.45. The van der Waals surface area contributed by atoms with E-state index in [2.05, 4.69) is 9.47 Å². The molecule has 0 N–H and O–H groups in total. The van der Waals surface area contributed by atoms with Crippen molar-refractivity contribution >= 4 is 0 Å². The Labute approximate surface area is 242 Å².